The number of benzene rings is 1. The number of nitrogen functional groups attached to an aromatic ring is 1. The summed E-state index contributed by atoms with van der Waals surface area (Å²) < 4.78 is 10.4. The van der Waals surface area contributed by atoms with Gasteiger partial charge in [-0.15, -0.1) is 0 Å². The highest BCUT2D eigenvalue weighted by Crippen LogP contribution is 2.23. The van der Waals surface area contributed by atoms with Crippen LogP contribution >= 0.6 is 0 Å². The molecule has 4 nitrogen and oxygen atoms in total. The molecule has 0 aliphatic carbocycles. The number of rotatable bonds is 3. The lowest BCUT2D eigenvalue weighted by Gasteiger charge is -2.13. The predicted octanol–water partition coefficient (Wildman–Crippen LogP) is 1.48. The molecule has 15 heavy (non-hydrogen) atoms. The number of nitrogens with one attached hydrogen (secondary N) is 1. The Morgan fingerprint density at radius 1 is 1.47 bits per heavy atom. The first-order valence-electron chi connectivity index (χ1n) is 5.07. The van der Waals surface area contributed by atoms with Crippen molar-refractivity contribution in [3.05, 3.63) is 18.2 Å². The Balaban J connectivity index is 2.09. The lowest BCUT2D eigenvalue weighted by Crippen LogP contribution is -2.18. The van der Waals surface area contributed by atoms with E-state index in [0.29, 0.717) is 11.7 Å². The molecule has 0 spiro atoms. The molecule has 1 aliphatic rings. The molecule has 0 amide bonds. The van der Waals surface area contributed by atoms with Crippen molar-refractivity contribution in [3.8, 4) is 5.75 Å². The molecular formula is C11H16N2O2. The topological polar surface area (TPSA) is 56.5 Å². The van der Waals surface area contributed by atoms with E-state index in [1.807, 2.05) is 12.1 Å². The summed E-state index contributed by atoms with van der Waals surface area (Å²) >= 11 is 0. The number of hydrogen-bond acceptors (Lipinski definition) is 4. The van der Waals surface area contributed by atoms with E-state index in [0.717, 1.165) is 31.1 Å². The lowest BCUT2D eigenvalue weighted by molar-refractivity contribution is 0.195. The first-order valence-corrected chi connectivity index (χ1v) is 5.07. The minimum absolute atomic E-state index is 0.386. The van der Waals surface area contributed by atoms with Crippen molar-refractivity contribution in [2.24, 2.45) is 0 Å². The van der Waals surface area contributed by atoms with Crippen LogP contribution in [0.5, 0.6) is 5.75 Å². The lowest BCUT2D eigenvalue weighted by atomic mass is 10.2. The molecule has 0 bridgehead atoms. The highest BCUT2D eigenvalue weighted by atomic mass is 16.5. The summed E-state index contributed by atoms with van der Waals surface area (Å²) in [6.07, 6.45) is 1.04. The molecule has 1 aromatic carbocycles. The van der Waals surface area contributed by atoms with Crippen LogP contribution in [0.4, 0.5) is 11.4 Å². The zero-order chi connectivity index (χ0) is 10.7. The van der Waals surface area contributed by atoms with Crippen LogP contribution in [0.2, 0.25) is 0 Å². The quantitative estimate of drug-likeness (QED) is 0.739. The van der Waals surface area contributed by atoms with E-state index >= 15 is 0 Å². The van der Waals surface area contributed by atoms with Crippen molar-refractivity contribution in [1.82, 2.24) is 0 Å². The maximum absolute atomic E-state index is 5.76. The summed E-state index contributed by atoms with van der Waals surface area (Å²) in [6.45, 7) is 1.59. The Bertz CT molecular complexity index is 335. The van der Waals surface area contributed by atoms with Crippen LogP contribution in [0.1, 0.15) is 6.42 Å². The largest absolute Gasteiger partial charge is 0.497 e. The number of methoxy groups -OCH3 is 1. The smallest absolute Gasteiger partial charge is 0.122 e. The molecule has 1 heterocycles. The maximum Gasteiger partial charge on any atom is 0.122 e. The van der Waals surface area contributed by atoms with Gasteiger partial charge in [0, 0.05) is 30.1 Å². The van der Waals surface area contributed by atoms with Crippen LogP contribution in [0, 0.1) is 0 Å². The van der Waals surface area contributed by atoms with Gasteiger partial charge < -0.3 is 20.5 Å². The summed E-state index contributed by atoms with van der Waals surface area (Å²) in [5, 5.41) is 3.37. The van der Waals surface area contributed by atoms with Gasteiger partial charge in [-0.1, -0.05) is 0 Å². The molecule has 1 aromatic rings. The van der Waals surface area contributed by atoms with Crippen molar-refractivity contribution in [1.29, 1.82) is 0 Å². The van der Waals surface area contributed by atoms with Crippen molar-refractivity contribution in [2.75, 3.05) is 31.4 Å². The van der Waals surface area contributed by atoms with Gasteiger partial charge in [-0.25, -0.2) is 0 Å². The Morgan fingerprint density at radius 2 is 2.33 bits per heavy atom. The monoisotopic (exact) mass is 208 g/mol. The molecule has 1 atom stereocenters. The normalized spacial score (nSPS) is 20.2. The van der Waals surface area contributed by atoms with E-state index in [1.165, 1.54) is 0 Å². The van der Waals surface area contributed by atoms with E-state index in [4.69, 9.17) is 15.2 Å². The van der Waals surface area contributed by atoms with Gasteiger partial charge >= 0.3 is 0 Å². The first-order chi connectivity index (χ1) is 7.28. The van der Waals surface area contributed by atoms with Crippen LogP contribution in [0.25, 0.3) is 0 Å². The van der Waals surface area contributed by atoms with Gasteiger partial charge in [-0.05, 0) is 12.5 Å². The average molecular weight is 208 g/mol. The van der Waals surface area contributed by atoms with Crippen LogP contribution in [0.15, 0.2) is 18.2 Å². The second kappa shape index (κ2) is 4.40. The number of nitrogens with two attached hydrogens (primary N) is 1. The van der Waals surface area contributed by atoms with Crippen LogP contribution in [-0.4, -0.2) is 26.4 Å². The third kappa shape index (κ3) is 2.53. The van der Waals surface area contributed by atoms with Crippen LogP contribution in [-0.2, 0) is 4.74 Å². The maximum atomic E-state index is 5.76. The SMILES string of the molecule is COc1cc(N)cc(NC2CCOC2)c1. The second-order valence-corrected chi connectivity index (χ2v) is 3.70. The van der Waals surface area contributed by atoms with Gasteiger partial charge in [0.25, 0.3) is 0 Å². The molecule has 1 fully saturated rings. The molecule has 0 aromatic heterocycles. The van der Waals surface area contributed by atoms with Crippen LogP contribution < -0.4 is 15.8 Å². The molecule has 0 radical (unpaired) electrons. The summed E-state index contributed by atoms with van der Waals surface area (Å²) in [4.78, 5) is 0. The van der Waals surface area contributed by atoms with E-state index in [2.05, 4.69) is 5.32 Å². The summed E-state index contributed by atoms with van der Waals surface area (Å²) in [5.41, 5.74) is 7.45. The summed E-state index contributed by atoms with van der Waals surface area (Å²) in [5.74, 6) is 0.774. The van der Waals surface area contributed by atoms with Gasteiger partial charge in [0.05, 0.1) is 19.8 Å². The zero-order valence-corrected chi connectivity index (χ0v) is 8.82. The summed E-state index contributed by atoms with van der Waals surface area (Å²) in [7, 11) is 1.64. The number of ether oxygens (including phenoxy) is 2. The molecule has 0 saturated carbocycles. The molecule has 4 heteroatoms. The Morgan fingerprint density at radius 3 is 3.00 bits per heavy atom. The van der Waals surface area contributed by atoms with Gasteiger partial charge in [-0.2, -0.15) is 0 Å². The molecule has 3 N–H and O–H groups in total. The first kappa shape index (κ1) is 10.1. The third-order valence-electron chi connectivity index (χ3n) is 2.47. The predicted molar refractivity (Wildman–Crippen MR) is 60.3 cm³/mol. The minimum atomic E-state index is 0.386. The van der Waals surface area contributed by atoms with Gasteiger partial charge in [-0.3, -0.25) is 0 Å². The van der Waals surface area contributed by atoms with Crippen molar-refractivity contribution < 1.29 is 9.47 Å². The number of hydrogen-bond donors (Lipinski definition) is 2. The van der Waals surface area contributed by atoms with Gasteiger partial charge in [0.2, 0.25) is 0 Å². The Hall–Kier alpha value is -1.42. The molecule has 1 unspecified atom stereocenters. The molecule has 1 aliphatic heterocycles. The zero-order valence-electron chi connectivity index (χ0n) is 8.82. The fourth-order valence-electron chi connectivity index (χ4n) is 1.71. The van der Waals surface area contributed by atoms with E-state index < -0.39 is 0 Å². The fraction of sp³-hybridized carbons (Fsp3) is 0.455. The highest BCUT2D eigenvalue weighted by molar-refractivity contribution is 5.59. The molecule has 82 valence electrons. The summed E-state index contributed by atoms with van der Waals surface area (Å²) in [6, 6.07) is 6.03. The minimum Gasteiger partial charge on any atom is -0.497 e. The standard InChI is InChI=1S/C11H16N2O2/c1-14-11-5-8(12)4-10(6-11)13-9-2-3-15-7-9/h4-6,9,13H,2-3,7,12H2,1H3. The second-order valence-electron chi connectivity index (χ2n) is 3.70. The van der Waals surface area contributed by atoms with Crippen LogP contribution in [0.3, 0.4) is 0 Å². The Labute approximate surface area is 89.4 Å². The van der Waals surface area contributed by atoms with Gasteiger partial charge in [0.15, 0.2) is 0 Å². The molecule has 2 rings (SSSR count). The van der Waals surface area contributed by atoms with Crippen molar-refractivity contribution in [2.45, 2.75) is 12.5 Å². The Kier molecular flexibility index (Phi) is 2.97. The molecular weight excluding hydrogens is 192 g/mol. The molecule has 1 saturated heterocycles. The van der Waals surface area contributed by atoms with Gasteiger partial charge in [0.1, 0.15) is 5.75 Å². The van der Waals surface area contributed by atoms with Crippen molar-refractivity contribution in [3.63, 3.8) is 0 Å². The van der Waals surface area contributed by atoms with E-state index in [1.54, 1.807) is 13.2 Å². The van der Waals surface area contributed by atoms with E-state index in [-0.39, 0.29) is 0 Å². The van der Waals surface area contributed by atoms with Crippen molar-refractivity contribution >= 4 is 11.4 Å². The average Bonchev–Trinajstić information content (AvgIpc) is 2.69. The van der Waals surface area contributed by atoms with E-state index in [9.17, 15) is 0 Å². The fourth-order valence-corrected chi connectivity index (χ4v) is 1.71. The third-order valence-corrected chi connectivity index (χ3v) is 2.47. The number of anilines is 2. The highest BCUT2D eigenvalue weighted by Gasteiger charge is 2.15.